The number of ether oxygens (including phenoxy) is 2. The van der Waals surface area contributed by atoms with Crippen LogP contribution in [0.3, 0.4) is 0 Å². The molecule has 1 aliphatic heterocycles. The highest BCUT2D eigenvalue weighted by Gasteiger charge is 2.25. The van der Waals surface area contributed by atoms with Crippen LogP contribution in [0.4, 0.5) is 16.3 Å². The van der Waals surface area contributed by atoms with E-state index in [-0.39, 0.29) is 11.9 Å². The monoisotopic (exact) mass is 310 g/mol. The van der Waals surface area contributed by atoms with Crippen LogP contribution < -0.4 is 5.32 Å². The van der Waals surface area contributed by atoms with E-state index >= 15 is 0 Å². The molecule has 1 N–H and O–H groups in total. The smallest absolute Gasteiger partial charge is 0.409 e. The lowest BCUT2D eigenvalue weighted by Crippen LogP contribution is -2.47. The molecule has 1 amide bonds. The van der Waals surface area contributed by atoms with E-state index < -0.39 is 11.0 Å². The SMILES string of the molecule is COC(=O)N1CCO[C@@H](CNc2ccc(C)nc2[N+](=O)[O-])C1. The maximum absolute atomic E-state index is 11.5. The highest BCUT2D eigenvalue weighted by molar-refractivity contribution is 5.67. The summed E-state index contributed by atoms with van der Waals surface area (Å²) in [5.74, 6) is -0.222. The quantitative estimate of drug-likeness (QED) is 0.657. The molecule has 0 spiro atoms. The minimum atomic E-state index is -0.530. The van der Waals surface area contributed by atoms with Crippen molar-refractivity contribution in [2.24, 2.45) is 0 Å². The number of anilines is 1. The number of morpholine rings is 1. The summed E-state index contributed by atoms with van der Waals surface area (Å²) in [6.45, 7) is 3.26. The van der Waals surface area contributed by atoms with Gasteiger partial charge in [0.05, 0.1) is 26.4 Å². The van der Waals surface area contributed by atoms with Crippen molar-refractivity contribution in [1.82, 2.24) is 9.88 Å². The summed E-state index contributed by atoms with van der Waals surface area (Å²) in [4.78, 5) is 27.4. The Labute approximate surface area is 127 Å². The number of nitrogens with one attached hydrogen (secondary N) is 1. The average molecular weight is 310 g/mol. The Hall–Kier alpha value is -2.42. The molecule has 0 unspecified atom stereocenters. The van der Waals surface area contributed by atoms with Gasteiger partial charge in [0.15, 0.2) is 0 Å². The number of nitro groups is 1. The van der Waals surface area contributed by atoms with E-state index in [0.717, 1.165) is 0 Å². The fraction of sp³-hybridized carbons (Fsp3) is 0.538. The molecule has 1 atom stereocenters. The van der Waals surface area contributed by atoms with E-state index in [1.54, 1.807) is 19.1 Å². The summed E-state index contributed by atoms with van der Waals surface area (Å²) in [7, 11) is 1.33. The van der Waals surface area contributed by atoms with Gasteiger partial charge in [0.25, 0.3) is 0 Å². The van der Waals surface area contributed by atoms with Crippen molar-refractivity contribution < 1.29 is 19.2 Å². The second-order valence-electron chi connectivity index (χ2n) is 4.87. The molecule has 22 heavy (non-hydrogen) atoms. The molecule has 0 aliphatic carbocycles. The molecule has 1 aromatic heterocycles. The van der Waals surface area contributed by atoms with Gasteiger partial charge >= 0.3 is 11.9 Å². The lowest BCUT2D eigenvalue weighted by molar-refractivity contribution is -0.388. The fourth-order valence-electron chi connectivity index (χ4n) is 2.18. The Kier molecular flexibility index (Phi) is 5.10. The van der Waals surface area contributed by atoms with Crippen LogP contribution in [0.1, 0.15) is 5.69 Å². The zero-order valence-corrected chi connectivity index (χ0v) is 12.4. The first-order chi connectivity index (χ1) is 10.5. The number of hydrogen-bond donors (Lipinski definition) is 1. The molecular weight excluding hydrogens is 292 g/mol. The van der Waals surface area contributed by atoms with Crippen molar-refractivity contribution in [3.63, 3.8) is 0 Å². The molecule has 0 saturated carbocycles. The number of hydrogen-bond acceptors (Lipinski definition) is 7. The van der Waals surface area contributed by atoms with Crippen LogP contribution in [-0.4, -0.2) is 60.4 Å². The third-order valence-corrected chi connectivity index (χ3v) is 3.28. The predicted molar refractivity (Wildman–Crippen MR) is 77.8 cm³/mol. The first-order valence-corrected chi connectivity index (χ1v) is 6.81. The maximum atomic E-state index is 11.5. The van der Waals surface area contributed by atoms with Gasteiger partial charge in [-0.25, -0.2) is 4.79 Å². The Balaban J connectivity index is 1.98. The summed E-state index contributed by atoms with van der Waals surface area (Å²) < 4.78 is 10.2. The average Bonchev–Trinajstić information content (AvgIpc) is 2.53. The first-order valence-electron chi connectivity index (χ1n) is 6.81. The number of rotatable bonds is 4. The van der Waals surface area contributed by atoms with Crippen molar-refractivity contribution in [2.45, 2.75) is 13.0 Å². The van der Waals surface area contributed by atoms with Crippen molar-refractivity contribution in [3.8, 4) is 0 Å². The number of nitrogens with zero attached hydrogens (tertiary/aromatic N) is 3. The normalized spacial score (nSPS) is 17.9. The lowest BCUT2D eigenvalue weighted by Gasteiger charge is -2.32. The number of aromatic nitrogens is 1. The van der Waals surface area contributed by atoms with Crippen LogP contribution in [0, 0.1) is 17.0 Å². The molecule has 1 saturated heterocycles. The van der Waals surface area contributed by atoms with E-state index in [4.69, 9.17) is 4.74 Å². The molecule has 2 rings (SSSR count). The Bertz CT molecular complexity index is 565. The molecule has 1 aromatic rings. The van der Waals surface area contributed by atoms with Gasteiger partial charge in [-0.05, 0) is 22.0 Å². The Morgan fingerprint density at radius 3 is 3.09 bits per heavy atom. The maximum Gasteiger partial charge on any atom is 0.409 e. The van der Waals surface area contributed by atoms with Gasteiger partial charge in [-0.2, -0.15) is 0 Å². The van der Waals surface area contributed by atoms with Crippen LogP contribution >= 0.6 is 0 Å². The van der Waals surface area contributed by atoms with Gasteiger partial charge in [0, 0.05) is 20.0 Å². The fourth-order valence-corrected chi connectivity index (χ4v) is 2.18. The third kappa shape index (κ3) is 3.82. The molecular formula is C13H18N4O5. The number of methoxy groups -OCH3 is 1. The molecule has 120 valence electrons. The first kappa shape index (κ1) is 16.0. The van der Waals surface area contributed by atoms with Crippen LogP contribution in [-0.2, 0) is 9.47 Å². The number of carbonyl (C=O) groups excluding carboxylic acids is 1. The predicted octanol–water partition coefficient (Wildman–Crippen LogP) is 1.18. The molecule has 0 radical (unpaired) electrons. The van der Waals surface area contributed by atoms with E-state index in [1.165, 1.54) is 12.0 Å². The summed E-state index contributed by atoms with van der Waals surface area (Å²) in [5.41, 5.74) is 0.900. The zero-order chi connectivity index (χ0) is 16.1. The van der Waals surface area contributed by atoms with Crippen LogP contribution in [0.25, 0.3) is 0 Å². The van der Waals surface area contributed by atoms with Gasteiger partial charge in [0.1, 0.15) is 11.4 Å². The summed E-state index contributed by atoms with van der Waals surface area (Å²) in [5, 5.41) is 14.0. The van der Waals surface area contributed by atoms with Gasteiger partial charge < -0.3 is 29.8 Å². The van der Waals surface area contributed by atoms with Crippen LogP contribution in [0.2, 0.25) is 0 Å². The van der Waals surface area contributed by atoms with Gasteiger partial charge in [0.2, 0.25) is 0 Å². The topological polar surface area (TPSA) is 107 Å². The lowest BCUT2D eigenvalue weighted by atomic mass is 10.2. The Morgan fingerprint density at radius 2 is 2.41 bits per heavy atom. The second-order valence-corrected chi connectivity index (χ2v) is 4.87. The summed E-state index contributed by atoms with van der Waals surface area (Å²) >= 11 is 0. The number of aryl methyl sites for hydroxylation is 1. The Morgan fingerprint density at radius 1 is 1.64 bits per heavy atom. The van der Waals surface area contributed by atoms with Crippen molar-refractivity contribution >= 4 is 17.6 Å². The largest absolute Gasteiger partial charge is 0.453 e. The second kappa shape index (κ2) is 7.03. The molecule has 1 aliphatic rings. The molecule has 2 heterocycles. The summed E-state index contributed by atoms with van der Waals surface area (Å²) in [6, 6.07) is 3.30. The number of carbonyl (C=O) groups is 1. The van der Waals surface area contributed by atoms with Crippen molar-refractivity contribution in [3.05, 3.63) is 27.9 Å². The summed E-state index contributed by atoms with van der Waals surface area (Å²) in [6.07, 6.45) is -0.676. The molecule has 9 heteroatoms. The van der Waals surface area contributed by atoms with Gasteiger partial charge in [-0.1, -0.05) is 0 Å². The molecule has 1 fully saturated rings. The van der Waals surface area contributed by atoms with E-state index in [0.29, 0.717) is 37.6 Å². The molecule has 0 bridgehead atoms. The third-order valence-electron chi connectivity index (χ3n) is 3.28. The van der Waals surface area contributed by atoms with E-state index in [9.17, 15) is 14.9 Å². The molecule has 9 nitrogen and oxygen atoms in total. The van der Waals surface area contributed by atoms with Crippen LogP contribution in [0.5, 0.6) is 0 Å². The van der Waals surface area contributed by atoms with E-state index in [2.05, 4.69) is 15.0 Å². The molecule has 0 aromatic carbocycles. The zero-order valence-electron chi connectivity index (χ0n) is 12.4. The standard InChI is InChI=1S/C13H18N4O5/c1-9-3-4-11(12(15-9)17(19)20)14-7-10-8-16(5-6-22-10)13(18)21-2/h3-4,10,14H,5-8H2,1-2H3/t10-/m0/s1. The minimum Gasteiger partial charge on any atom is -0.453 e. The highest BCUT2D eigenvalue weighted by Crippen LogP contribution is 2.22. The number of pyridine rings is 1. The van der Waals surface area contributed by atoms with E-state index in [1.807, 2.05) is 0 Å². The number of amides is 1. The van der Waals surface area contributed by atoms with Crippen LogP contribution in [0.15, 0.2) is 12.1 Å². The van der Waals surface area contributed by atoms with Crippen molar-refractivity contribution in [2.75, 3.05) is 38.7 Å². The van der Waals surface area contributed by atoms with Gasteiger partial charge in [-0.15, -0.1) is 0 Å². The van der Waals surface area contributed by atoms with Gasteiger partial charge in [-0.3, -0.25) is 0 Å². The highest BCUT2D eigenvalue weighted by atomic mass is 16.6. The minimum absolute atomic E-state index is 0.222. The van der Waals surface area contributed by atoms with Crippen molar-refractivity contribution in [1.29, 1.82) is 0 Å².